The Morgan fingerprint density at radius 2 is 1.95 bits per heavy atom. The number of rotatable bonds is 9. The Hall–Kier alpha value is -1.22. The predicted molar refractivity (Wildman–Crippen MR) is 84.5 cm³/mol. The fraction of sp³-hybridized carbons (Fsp3) is 0.647. The fourth-order valence-corrected chi connectivity index (χ4v) is 2.10. The Kier molecular flexibility index (Phi) is 7.45. The minimum atomic E-state index is 0.232. The highest BCUT2D eigenvalue weighted by molar-refractivity contribution is 5.40. The van der Waals surface area contributed by atoms with Crippen LogP contribution in [0, 0.1) is 5.92 Å². The fourth-order valence-electron chi connectivity index (χ4n) is 2.10. The van der Waals surface area contributed by atoms with Crippen LogP contribution in [0.15, 0.2) is 18.2 Å². The first-order chi connectivity index (χ1) is 9.56. The molecule has 0 aromatic heterocycles. The lowest BCUT2D eigenvalue weighted by atomic mass is 10.1. The predicted octanol–water partition coefficient (Wildman–Crippen LogP) is 4.01. The summed E-state index contributed by atoms with van der Waals surface area (Å²) in [5.74, 6) is 2.43. The van der Waals surface area contributed by atoms with Crippen molar-refractivity contribution in [1.82, 2.24) is 5.32 Å². The number of nitrogens with one attached hydrogen (secondary N) is 1. The topological polar surface area (TPSA) is 30.5 Å². The Morgan fingerprint density at radius 3 is 2.55 bits per heavy atom. The van der Waals surface area contributed by atoms with Gasteiger partial charge in [0.15, 0.2) is 0 Å². The monoisotopic (exact) mass is 279 g/mol. The third kappa shape index (κ3) is 5.83. The summed E-state index contributed by atoms with van der Waals surface area (Å²) in [5.41, 5.74) is 1.19. The van der Waals surface area contributed by atoms with Gasteiger partial charge >= 0.3 is 0 Å². The zero-order valence-electron chi connectivity index (χ0n) is 13.5. The van der Waals surface area contributed by atoms with Crippen molar-refractivity contribution in [2.75, 3.05) is 13.7 Å². The summed E-state index contributed by atoms with van der Waals surface area (Å²) in [6.07, 6.45) is 2.43. The molecule has 0 heterocycles. The van der Waals surface area contributed by atoms with E-state index in [1.165, 1.54) is 5.56 Å². The molecule has 0 radical (unpaired) electrons. The minimum Gasteiger partial charge on any atom is -0.497 e. The van der Waals surface area contributed by atoms with Crippen LogP contribution in [0.3, 0.4) is 0 Å². The van der Waals surface area contributed by atoms with Crippen LogP contribution < -0.4 is 14.8 Å². The molecule has 0 aliphatic heterocycles. The maximum atomic E-state index is 6.07. The lowest BCUT2D eigenvalue weighted by molar-refractivity contribution is 0.206. The van der Waals surface area contributed by atoms with Crippen LogP contribution in [0.4, 0.5) is 0 Å². The average molecular weight is 279 g/mol. The van der Waals surface area contributed by atoms with Gasteiger partial charge in [-0.05, 0) is 31.9 Å². The standard InChI is InChI=1S/C17H29NO2/c1-6-7-14(4)20-17-10-16(19-5)9-8-15(17)12-18-11-13(2)3/h8-10,13-14,18H,6-7,11-12H2,1-5H3. The summed E-state index contributed by atoms with van der Waals surface area (Å²) in [4.78, 5) is 0. The second kappa shape index (κ2) is 8.85. The first-order valence-electron chi connectivity index (χ1n) is 7.61. The van der Waals surface area contributed by atoms with E-state index in [4.69, 9.17) is 9.47 Å². The molecule has 0 fully saturated rings. The Labute approximate surface area is 123 Å². The van der Waals surface area contributed by atoms with Gasteiger partial charge in [0.25, 0.3) is 0 Å². The lowest BCUT2D eigenvalue weighted by Gasteiger charge is -2.18. The molecule has 3 nitrogen and oxygen atoms in total. The van der Waals surface area contributed by atoms with Gasteiger partial charge in [-0.3, -0.25) is 0 Å². The normalized spacial score (nSPS) is 12.5. The van der Waals surface area contributed by atoms with Gasteiger partial charge in [-0.2, -0.15) is 0 Å². The van der Waals surface area contributed by atoms with E-state index < -0.39 is 0 Å². The number of hydrogen-bond acceptors (Lipinski definition) is 3. The summed E-state index contributed by atoms with van der Waals surface area (Å²) >= 11 is 0. The molecule has 0 amide bonds. The molecule has 20 heavy (non-hydrogen) atoms. The van der Waals surface area contributed by atoms with Gasteiger partial charge in [0.2, 0.25) is 0 Å². The van der Waals surface area contributed by atoms with Crippen molar-refractivity contribution in [3.8, 4) is 11.5 Å². The molecule has 1 rings (SSSR count). The van der Waals surface area contributed by atoms with Crippen molar-refractivity contribution in [3.05, 3.63) is 23.8 Å². The van der Waals surface area contributed by atoms with E-state index in [2.05, 4.69) is 39.1 Å². The van der Waals surface area contributed by atoms with Crippen LogP contribution >= 0.6 is 0 Å². The van der Waals surface area contributed by atoms with E-state index in [0.29, 0.717) is 5.92 Å². The molecule has 0 saturated heterocycles. The van der Waals surface area contributed by atoms with E-state index in [1.807, 2.05) is 12.1 Å². The van der Waals surface area contributed by atoms with Crippen LogP contribution in [0.5, 0.6) is 11.5 Å². The lowest BCUT2D eigenvalue weighted by Crippen LogP contribution is -2.20. The zero-order chi connectivity index (χ0) is 15.0. The summed E-state index contributed by atoms with van der Waals surface area (Å²) in [5, 5.41) is 3.46. The number of methoxy groups -OCH3 is 1. The van der Waals surface area contributed by atoms with Gasteiger partial charge in [-0.15, -0.1) is 0 Å². The number of ether oxygens (including phenoxy) is 2. The van der Waals surface area contributed by atoms with Crippen molar-refractivity contribution < 1.29 is 9.47 Å². The molecule has 114 valence electrons. The second-order valence-electron chi connectivity index (χ2n) is 5.72. The van der Waals surface area contributed by atoms with Crippen LogP contribution in [0.2, 0.25) is 0 Å². The van der Waals surface area contributed by atoms with Gasteiger partial charge < -0.3 is 14.8 Å². The number of benzene rings is 1. The summed E-state index contributed by atoms with van der Waals surface area (Å²) in [6.45, 7) is 10.6. The summed E-state index contributed by atoms with van der Waals surface area (Å²) < 4.78 is 11.4. The molecule has 1 aromatic carbocycles. The minimum absolute atomic E-state index is 0.232. The Bertz CT molecular complexity index is 391. The first-order valence-corrected chi connectivity index (χ1v) is 7.61. The van der Waals surface area contributed by atoms with Crippen molar-refractivity contribution in [2.45, 2.75) is 53.2 Å². The molecular weight excluding hydrogens is 250 g/mol. The highest BCUT2D eigenvalue weighted by atomic mass is 16.5. The number of hydrogen-bond donors (Lipinski definition) is 1. The maximum absolute atomic E-state index is 6.07. The summed E-state index contributed by atoms with van der Waals surface area (Å²) in [6, 6.07) is 6.06. The average Bonchev–Trinajstić information content (AvgIpc) is 2.40. The van der Waals surface area contributed by atoms with Gasteiger partial charge in [0.05, 0.1) is 13.2 Å². The van der Waals surface area contributed by atoms with Crippen LogP contribution in [-0.2, 0) is 6.54 Å². The summed E-state index contributed by atoms with van der Waals surface area (Å²) in [7, 11) is 1.69. The quantitative estimate of drug-likeness (QED) is 0.741. The van der Waals surface area contributed by atoms with E-state index in [-0.39, 0.29) is 6.10 Å². The van der Waals surface area contributed by atoms with Crippen LogP contribution in [0.25, 0.3) is 0 Å². The molecule has 1 atom stereocenters. The molecular formula is C17H29NO2. The smallest absolute Gasteiger partial charge is 0.127 e. The first kappa shape index (κ1) is 16.8. The third-order valence-corrected chi connectivity index (χ3v) is 3.17. The molecule has 3 heteroatoms. The van der Waals surface area contributed by atoms with E-state index in [1.54, 1.807) is 7.11 Å². The molecule has 1 aromatic rings. The molecule has 1 N–H and O–H groups in total. The third-order valence-electron chi connectivity index (χ3n) is 3.17. The molecule has 0 bridgehead atoms. The highest BCUT2D eigenvalue weighted by Crippen LogP contribution is 2.26. The molecule has 0 aliphatic carbocycles. The van der Waals surface area contributed by atoms with Crippen molar-refractivity contribution >= 4 is 0 Å². The van der Waals surface area contributed by atoms with Crippen LogP contribution in [0.1, 0.15) is 46.1 Å². The maximum Gasteiger partial charge on any atom is 0.127 e. The molecule has 0 aliphatic rings. The van der Waals surface area contributed by atoms with Crippen molar-refractivity contribution in [3.63, 3.8) is 0 Å². The molecule has 0 saturated carbocycles. The SMILES string of the molecule is CCCC(C)Oc1cc(OC)ccc1CNCC(C)C. The molecule has 0 spiro atoms. The van der Waals surface area contributed by atoms with Gasteiger partial charge in [-0.25, -0.2) is 0 Å². The second-order valence-corrected chi connectivity index (χ2v) is 5.72. The van der Waals surface area contributed by atoms with E-state index in [0.717, 1.165) is 37.4 Å². The van der Waals surface area contributed by atoms with Crippen molar-refractivity contribution in [2.24, 2.45) is 5.92 Å². The Balaban J connectivity index is 2.75. The van der Waals surface area contributed by atoms with Gasteiger partial charge in [-0.1, -0.05) is 33.3 Å². The molecule has 1 unspecified atom stereocenters. The van der Waals surface area contributed by atoms with Crippen LogP contribution in [-0.4, -0.2) is 19.8 Å². The van der Waals surface area contributed by atoms with E-state index >= 15 is 0 Å². The largest absolute Gasteiger partial charge is 0.497 e. The highest BCUT2D eigenvalue weighted by Gasteiger charge is 2.10. The van der Waals surface area contributed by atoms with Gasteiger partial charge in [0.1, 0.15) is 11.5 Å². The zero-order valence-corrected chi connectivity index (χ0v) is 13.5. The van der Waals surface area contributed by atoms with Gasteiger partial charge in [0, 0.05) is 18.2 Å². The Morgan fingerprint density at radius 1 is 1.20 bits per heavy atom. The van der Waals surface area contributed by atoms with E-state index in [9.17, 15) is 0 Å². The van der Waals surface area contributed by atoms with Crippen molar-refractivity contribution in [1.29, 1.82) is 0 Å².